The number of hydrogen-bond acceptors (Lipinski definition) is 2. The topological polar surface area (TPSA) is 15.3 Å². The standard InChI is InChI=1S/C18H34N2/c1-18(2)11-10-15(17(18)19-3)13-20-12-6-8-14-7-4-5-9-16(14)20/h14-17,19H,4-13H2,1-3H3. The van der Waals surface area contributed by atoms with Crippen molar-refractivity contribution in [1.29, 1.82) is 0 Å². The molecule has 0 bridgehead atoms. The molecule has 1 N–H and O–H groups in total. The zero-order valence-corrected chi connectivity index (χ0v) is 13.8. The fourth-order valence-electron chi connectivity index (χ4n) is 5.60. The minimum absolute atomic E-state index is 0.487. The molecular weight excluding hydrogens is 244 g/mol. The lowest BCUT2D eigenvalue weighted by Crippen LogP contribution is -2.51. The molecule has 3 rings (SSSR count). The Hall–Kier alpha value is -0.0800. The number of likely N-dealkylation sites (tertiary alicyclic amines) is 1. The Morgan fingerprint density at radius 2 is 1.80 bits per heavy atom. The van der Waals surface area contributed by atoms with Crippen LogP contribution in [0.5, 0.6) is 0 Å². The molecule has 4 atom stereocenters. The fourth-order valence-corrected chi connectivity index (χ4v) is 5.60. The molecule has 0 aromatic rings. The summed E-state index contributed by atoms with van der Waals surface area (Å²) in [5.74, 6) is 1.90. The van der Waals surface area contributed by atoms with E-state index in [1.807, 2.05) is 0 Å². The zero-order valence-electron chi connectivity index (χ0n) is 13.8. The molecule has 0 radical (unpaired) electrons. The molecule has 0 amide bonds. The highest BCUT2D eigenvalue weighted by Gasteiger charge is 2.43. The van der Waals surface area contributed by atoms with Gasteiger partial charge in [-0.3, -0.25) is 4.90 Å². The van der Waals surface area contributed by atoms with Gasteiger partial charge in [0.2, 0.25) is 0 Å². The van der Waals surface area contributed by atoms with E-state index in [9.17, 15) is 0 Å². The summed E-state index contributed by atoms with van der Waals surface area (Å²) in [6.45, 7) is 7.63. The number of nitrogens with zero attached hydrogens (tertiary/aromatic N) is 1. The molecule has 0 aromatic carbocycles. The average molecular weight is 278 g/mol. The quantitative estimate of drug-likeness (QED) is 0.847. The van der Waals surface area contributed by atoms with E-state index < -0.39 is 0 Å². The van der Waals surface area contributed by atoms with Gasteiger partial charge in [-0.05, 0) is 69.4 Å². The van der Waals surface area contributed by atoms with Crippen molar-refractivity contribution in [1.82, 2.24) is 10.2 Å². The SMILES string of the molecule is CNC1C(CN2CCCC3CCCCC32)CCC1(C)C. The van der Waals surface area contributed by atoms with Crippen LogP contribution >= 0.6 is 0 Å². The van der Waals surface area contributed by atoms with Crippen LogP contribution in [0.4, 0.5) is 0 Å². The van der Waals surface area contributed by atoms with E-state index in [2.05, 4.69) is 31.1 Å². The molecule has 20 heavy (non-hydrogen) atoms. The monoisotopic (exact) mass is 278 g/mol. The highest BCUT2D eigenvalue weighted by molar-refractivity contribution is 4.98. The minimum Gasteiger partial charge on any atom is -0.316 e. The normalized spacial score (nSPS) is 41.5. The molecule has 3 fully saturated rings. The lowest BCUT2D eigenvalue weighted by atomic mass is 9.77. The van der Waals surface area contributed by atoms with Gasteiger partial charge in [0.1, 0.15) is 0 Å². The van der Waals surface area contributed by atoms with Crippen molar-refractivity contribution in [3.8, 4) is 0 Å². The first-order chi connectivity index (χ1) is 9.62. The summed E-state index contributed by atoms with van der Waals surface area (Å²) < 4.78 is 0. The van der Waals surface area contributed by atoms with Crippen LogP contribution in [0.3, 0.4) is 0 Å². The predicted molar refractivity (Wildman–Crippen MR) is 85.9 cm³/mol. The molecule has 2 saturated carbocycles. The van der Waals surface area contributed by atoms with Crippen LogP contribution in [-0.2, 0) is 0 Å². The van der Waals surface area contributed by atoms with Gasteiger partial charge in [-0.1, -0.05) is 26.7 Å². The Balaban J connectivity index is 1.64. The van der Waals surface area contributed by atoms with Gasteiger partial charge < -0.3 is 5.32 Å². The number of rotatable bonds is 3. The van der Waals surface area contributed by atoms with Gasteiger partial charge in [0.15, 0.2) is 0 Å². The number of hydrogen-bond donors (Lipinski definition) is 1. The van der Waals surface area contributed by atoms with E-state index in [1.54, 1.807) is 0 Å². The molecule has 0 aromatic heterocycles. The van der Waals surface area contributed by atoms with Crippen molar-refractivity contribution >= 4 is 0 Å². The summed E-state index contributed by atoms with van der Waals surface area (Å²) in [6.07, 6.45) is 11.7. The van der Waals surface area contributed by atoms with E-state index in [0.29, 0.717) is 11.5 Å². The second kappa shape index (κ2) is 5.96. The predicted octanol–water partition coefficient (Wildman–Crippen LogP) is 3.67. The molecule has 1 aliphatic heterocycles. The molecule has 2 heteroatoms. The summed E-state index contributed by atoms with van der Waals surface area (Å²) in [5.41, 5.74) is 0.487. The second-order valence-electron chi connectivity index (χ2n) is 8.30. The van der Waals surface area contributed by atoms with Crippen molar-refractivity contribution in [2.45, 2.75) is 77.3 Å². The van der Waals surface area contributed by atoms with E-state index in [0.717, 1.165) is 17.9 Å². The van der Waals surface area contributed by atoms with Crippen LogP contribution in [0.2, 0.25) is 0 Å². The summed E-state index contributed by atoms with van der Waals surface area (Å²) in [4.78, 5) is 2.89. The number of nitrogens with one attached hydrogen (secondary N) is 1. The third kappa shape index (κ3) is 2.78. The van der Waals surface area contributed by atoms with Gasteiger partial charge in [0, 0.05) is 18.6 Å². The maximum atomic E-state index is 3.64. The van der Waals surface area contributed by atoms with Crippen molar-refractivity contribution in [3.05, 3.63) is 0 Å². The maximum absolute atomic E-state index is 3.64. The van der Waals surface area contributed by atoms with Gasteiger partial charge in [-0.25, -0.2) is 0 Å². The van der Waals surface area contributed by atoms with Gasteiger partial charge in [-0.2, -0.15) is 0 Å². The second-order valence-corrected chi connectivity index (χ2v) is 8.30. The fraction of sp³-hybridized carbons (Fsp3) is 1.00. The van der Waals surface area contributed by atoms with Crippen molar-refractivity contribution in [3.63, 3.8) is 0 Å². The summed E-state index contributed by atoms with van der Waals surface area (Å²) >= 11 is 0. The first-order valence-corrected chi connectivity index (χ1v) is 9.03. The van der Waals surface area contributed by atoms with Gasteiger partial charge in [-0.15, -0.1) is 0 Å². The van der Waals surface area contributed by atoms with E-state index >= 15 is 0 Å². The zero-order chi connectivity index (χ0) is 14.2. The summed E-state index contributed by atoms with van der Waals surface area (Å²) in [7, 11) is 2.17. The maximum Gasteiger partial charge on any atom is 0.0156 e. The van der Waals surface area contributed by atoms with Gasteiger partial charge in [0.25, 0.3) is 0 Å². The molecule has 0 spiro atoms. The van der Waals surface area contributed by atoms with Gasteiger partial charge in [0.05, 0.1) is 0 Å². The third-order valence-corrected chi connectivity index (χ3v) is 6.61. The molecule has 2 aliphatic carbocycles. The van der Waals surface area contributed by atoms with Crippen LogP contribution < -0.4 is 5.32 Å². The highest BCUT2D eigenvalue weighted by atomic mass is 15.2. The largest absolute Gasteiger partial charge is 0.316 e. The lowest BCUT2D eigenvalue weighted by molar-refractivity contribution is 0.0429. The summed E-state index contributed by atoms with van der Waals surface area (Å²) in [6, 6.07) is 1.64. The van der Waals surface area contributed by atoms with Crippen LogP contribution in [0.25, 0.3) is 0 Å². The number of piperidine rings is 1. The van der Waals surface area contributed by atoms with Crippen LogP contribution in [-0.4, -0.2) is 37.1 Å². The smallest absolute Gasteiger partial charge is 0.0156 e. The van der Waals surface area contributed by atoms with E-state index in [1.165, 1.54) is 64.5 Å². The lowest BCUT2D eigenvalue weighted by Gasteiger charge is -2.46. The Morgan fingerprint density at radius 1 is 1.05 bits per heavy atom. The van der Waals surface area contributed by atoms with Crippen LogP contribution in [0.1, 0.15) is 65.2 Å². The minimum atomic E-state index is 0.487. The van der Waals surface area contributed by atoms with E-state index in [4.69, 9.17) is 0 Å². The molecule has 3 aliphatic rings. The first-order valence-electron chi connectivity index (χ1n) is 9.03. The molecule has 4 unspecified atom stereocenters. The van der Waals surface area contributed by atoms with Crippen LogP contribution in [0, 0.1) is 17.3 Å². The van der Waals surface area contributed by atoms with Gasteiger partial charge >= 0.3 is 0 Å². The first kappa shape index (κ1) is 14.8. The Kier molecular flexibility index (Phi) is 4.42. The highest BCUT2D eigenvalue weighted by Crippen LogP contribution is 2.43. The molecular formula is C18H34N2. The molecule has 1 saturated heterocycles. The molecule has 2 nitrogen and oxygen atoms in total. The average Bonchev–Trinajstić information content (AvgIpc) is 2.73. The molecule has 1 heterocycles. The van der Waals surface area contributed by atoms with Crippen LogP contribution in [0.15, 0.2) is 0 Å². The Bertz CT molecular complexity index is 323. The Labute approximate surface area is 125 Å². The van der Waals surface area contributed by atoms with Crippen molar-refractivity contribution < 1.29 is 0 Å². The van der Waals surface area contributed by atoms with E-state index in [-0.39, 0.29) is 0 Å². The van der Waals surface area contributed by atoms with Crippen molar-refractivity contribution in [2.75, 3.05) is 20.1 Å². The Morgan fingerprint density at radius 3 is 2.60 bits per heavy atom. The third-order valence-electron chi connectivity index (χ3n) is 6.61. The number of fused-ring (bicyclic) bond motifs is 1. The van der Waals surface area contributed by atoms with Crippen molar-refractivity contribution in [2.24, 2.45) is 17.3 Å². The summed E-state index contributed by atoms with van der Waals surface area (Å²) in [5, 5.41) is 3.64. The molecule has 116 valence electrons.